The maximum absolute atomic E-state index is 11.9. The minimum Gasteiger partial charge on any atom is -0.480 e. The van der Waals surface area contributed by atoms with E-state index in [1.54, 1.807) is 0 Å². The highest BCUT2D eigenvalue weighted by atomic mass is 16.5. The average Bonchev–Trinajstić information content (AvgIpc) is 3.12. The standard InChI is InChI=1S/C18H29N9O4/c1-26(2)14-13-15(23-10-22-14)27(11-24-13)8-3-4-9-31-18(30)25-12(16(28)29)6-5-7-21-17(19)20/h10-12H,3-9H2,1-2H3,(H6,19,20,21,25,28,29,30)/p+1/t12-/m1/s1. The number of carboxylic acids is 1. The number of aliphatic imine (C=N–C) groups is 1. The fourth-order valence-electron chi connectivity index (χ4n) is 2.92. The second-order valence-electron chi connectivity index (χ2n) is 7.08. The van der Waals surface area contributed by atoms with Crippen molar-refractivity contribution in [1.29, 1.82) is 0 Å². The van der Waals surface area contributed by atoms with Gasteiger partial charge in [-0.25, -0.2) is 14.2 Å². The zero-order valence-electron chi connectivity index (χ0n) is 17.7. The number of carboxylic acid groups (broad SMARTS) is 1. The van der Waals surface area contributed by atoms with Crippen LogP contribution in [-0.4, -0.2) is 71.4 Å². The number of aryl methyl sites for hydroxylation is 1. The number of aromatic nitrogens is 4. The zero-order chi connectivity index (χ0) is 22.8. The number of rotatable bonds is 12. The summed E-state index contributed by atoms with van der Waals surface area (Å²) in [5.41, 5.74) is 12.1. The molecule has 7 N–H and O–H groups in total. The second kappa shape index (κ2) is 11.5. The van der Waals surface area contributed by atoms with E-state index >= 15 is 0 Å². The Labute approximate surface area is 179 Å². The van der Waals surface area contributed by atoms with Crippen molar-refractivity contribution < 1.29 is 24.0 Å². The summed E-state index contributed by atoms with van der Waals surface area (Å²) in [5, 5.41) is 11.6. The number of hydrogen-bond acceptors (Lipinski definition) is 7. The quantitative estimate of drug-likeness (QED) is 0.124. The average molecular weight is 436 g/mol. The molecule has 0 aliphatic carbocycles. The number of aliphatic carboxylic acids is 1. The van der Waals surface area contributed by atoms with E-state index in [-0.39, 0.29) is 25.5 Å². The van der Waals surface area contributed by atoms with Crippen molar-refractivity contribution in [2.45, 2.75) is 38.3 Å². The highest BCUT2D eigenvalue weighted by molar-refractivity contribution is 5.80. The van der Waals surface area contributed by atoms with Crippen LogP contribution in [0.4, 0.5) is 10.6 Å². The number of H-pyrrole nitrogens is 1. The number of aromatic amines is 1. The van der Waals surface area contributed by atoms with Crippen molar-refractivity contribution in [3.05, 3.63) is 12.7 Å². The van der Waals surface area contributed by atoms with Gasteiger partial charge in [0.05, 0.1) is 13.2 Å². The van der Waals surface area contributed by atoms with Gasteiger partial charge >= 0.3 is 17.7 Å². The van der Waals surface area contributed by atoms with E-state index < -0.39 is 18.1 Å². The molecule has 2 rings (SSSR count). The lowest BCUT2D eigenvalue weighted by atomic mass is 10.1. The van der Waals surface area contributed by atoms with E-state index in [1.165, 1.54) is 6.33 Å². The SMILES string of the molecule is CN(C)c1ncnc2c1[nH]c[n+]2CCCCOC(=O)N[C@H](CCCN=C(N)N)C(=O)O. The van der Waals surface area contributed by atoms with E-state index in [2.05, 4.69) is 25.3 Å². The molecule has 0 bridgehead atoms. The molecule has 170 valence electrons. The van der Waals surface area contributed by atoms with Crippen molar-refractivity contribution in [2.75, 3.05) is 32.1 Å². The first-order valence-corrected chi connectivity index (χ1v) is 9.90. The number of fused-ring (bicyclic) bond motifs is 1. The summed E-state index contributed by atoms with van der Waals surface area (Å²) in [4.78, 5) is 40.6. The van der Waals surface area contributed by atoms with Crippen LogP contribution in [-0.2, 0) is 16.1 Å². The Hall–Kier alpha value is -3.64. The molecule has 0 unspecified atom stereocenters. The number of nitrogens with two attached hydrogens (primary N) is 2. The third kappa shape index (κ3) is 7.28. The fraction of sp³-hybridized carbons (Fsp3) is 0.556. The number of hydrogen-bond donors (Lipinski definition) is 5. The number of amides is 1. The molecule has 1 amide bonds. The Morgan fingerprint density at radius 1 is 1.32 bits per heavy atom. The van der Waals surface area contributed by atoms with Gasteiger partial charge in [-0.3, -0.25) is 9.98 Å². The van der Waals surface area contributed by atoms with Crippen LogP contribution in [0.25, 0.3) is 11.2 Å². The molecule has 1 atom stereocenters. The third-order valence-electron chi connectivity index (χ3n) is 4.43. The van der Waals surface area contributed by atoms with Gasteiger partial charge in [0.15, 0.2) is 24.4 Å². The van der Waals surface area contributed by atoms with Gasteiger partial charge in [0.2, 0.25) is 5.52 Å². The van der Waals surface area contributed by atoms with Crippen molar-refractivity contribution in [2.24, 2.45) is 16.5 Å². The van der Waals surface area contributed by atoms with Crippen LogP contribution in [0.15, 0.2) is 17.6 Å². The maximum Gasteiger partial charge on any atom is 0.407 e. The molecule has 0 radical (unpaired) electrons. The van der Waals surface area contributed by atoms with Gasteiger partial charge in [-0.2, -0.15) is 4.98 Å². The smallest absolute Gasteiger partial charge is 0.407 e. The van der Waals surface area contributed by atoms with Crippen molar-refractivity contribution in [1.82, 2.24) is 20.3 Å². The summed E-state index contributed by atoms with van der Waals surface area (Å²) in [5.74, 6) is -0.401. The number of anilines is 1. The summed E-state index contributed by atoms with van der Waals surface area (Å²) in [7, 11) is 3.82. The van der Waals surface area contributed by atoms with Gasteiger partial charge in [0, 0.05) is 20.6 Å². The third-order valence-corrected chi connectivity index (χ3v) is 4.43. The van der Waals surface area contributed by atoms with Crippen LogP contribution < -0.4 is 26.3 Å². The Balaban J connectivity index is 1.73. The summed E-state index contributed by atoms with van der Waals surface area (Å²) in [6.45, 7) is 1.14. The van der Waals surface area contributed by atoms with Crippen molar-refractivity contribution in [3.63, 3.8) is 0 Å². The van der Waals surface area contributed by atoms with E-state index in [9.17, 15) is 14.7 Å². The maximum atomic E-state index is 11.9. The van der Waals surface area contributed by atoms with Crippen LogP contribution in [0.1, 0.15) is 25.7 Å². The topological polar surface area (TPSA) is 189 Å². The van der Waals surface area contributed by atoms with Gasteiger partial charge in [0.1, 0.15) is 6.04 Å². The molecule has 13 heteroatoms. The molecule has 31 heavy (non-hydrogen) atoms. The molecule has 0 saturated heterocycles. The van der Waals surface area contributed by atoms with Crippen molar-refractivity contribution >= 4 is 35.0 Å². The molecule has 13 nitrogen and oxygen atoms in total. The van der Waals surface area contributed by atoms with Gasteiger partial charge in [-0.15, -0.1) is 0 Å². The monoisotopic (exact) mass is 436 g/mol. The Bertz CT molecular complexity index is 909. The number of nitrogens with zero attached hydrogens (tertiary/aromatic N) is 5. The van der Waals surface area contributed by atoms with Crippen LogP contribution in [0, 0.1) is 0 Å². The lowest BCUT2D eigenvalue weighted by Gasteiger charge is -2.14. The van der Waals surface area contributed by atoms with E-state index in [0.717, 1.165) is 23.4 Å². The van der Waals surface area contributed by atoms with Gasteiger partial charge in [-0.05, 0) is 25.7 Å². The van der Waals surface area contributed by atoms with Crippen LogP contribution in [0.2, 0.25) is 0 Å². The Morgan fingerprint density at radius 2 is 2.10 bits per heavy atom. The van der Waals surface area contributed by atoms with Crippen LogP contribution >= 0.6 is 0 Å². The molecule has 0 fully saturated rings. The molecular weight excluding hydrogens is 406 g/mol. The first-order chi connectivity index (χ1) is 14.8. The predicted molar refractivity (Wildman–Crippen MR) is 113 cm³/mol. The van der Waals surface area contributed by atoms with Crippen LogP contribution in [0.5, 0.6) is 0 Å². The Kier molecular flexibility index (Phi) is 8.78. The Morgan fingerprint density at radius 3 is 2.77 bits per heavy atom. The minimum atomic E-state index is -1.14. The van der Waals surface area contributed by atoms with Gasteiger partial charge in [-0.1, -0.05) is 4.98 Å². The highest BCUT2D eigenvalue weighted by Gasteiger charge is 2.20. The normalized spacial score (nSPS) is 11.7. The molecule has 0 saturated carbocycles. The van der Waals surface area contributed by atoms with Crippen molar-refractivity contribution in [3.8, 4) is 0 Å². The summed E-state index contributed by atoms with van der Waals surface area (Å²) in [6.07, 6.45) is 4.54. The molecule has 0 spiro atoms. The first kappa shape index (κ1) is 23.6. The summed E-state index contributed by atoms with van der Waals surface area (Å²) in [6, 6.07) is -1.06. The number of carbonyl (C=O) groups is 2. The number of ether oxygens (including phenoxy) is 1. The fourth-order valence-corrected chi connectivity index (χ4v) is 2.92. The number of imidazole rings is 1. The van der Waals surface area contributed by atoms with E-state index in [1.807, 2.05) is 29.9 Å². The van der Waals surface area contributed by atoms with Crippen LogP contribution in [0.3, 0.4) is 0 Å². The summed E-state index contributed by atoms with van der Waals surface area (Å²) < 4.78 is 7.07. The van der Waals surface area contributed by atoms with E-state index in [0.29, 0.717) is 19.4 Å². The highest BCUT2D eigenvalue weighted by Crippen LogP contribution is 2.16. The number of carbonyl (C=O) groups excluding carboxylic acids is 1. The largest absolute Gasteiger partial charge is 0.480 e. The first-order valence-electron chi connectivity index (χ1n) is 9.90. The number of unbranched alkanes of at least 4 members (excludes halogenated alkanes) is 1. The molecule has 2 heterocycles. The minimum absolute atomic E-state index is 0.0596. The zero-order valence-corrected chi connectivity index (χ0v) is 17.7. The molecule has 2 aromatic heterocycles. The molecule has 2 aromatic rings. The molecule has 0 aromatic carbocycles. The lowest BCUT2D eigenvalue weighted by molar-refractivity contribution is -0.673. The predicted octanol–water partition coefficient (Wildman–Crippen LogP) is -0.675. The number of nitrogens with one attached hydrogen (secondary N) is 2. The number of alkyl carbamates (subject to hydrolysis) is 1. The molecule has 0 aliphatic heterocycles. The second-order valence-corrected chi connectivity index (χ2v) is 7.08. The molecular formula is C18H30N9O4+. The van der Waals surface area contributed by atoms with E-state index in [4.69, 9.17) is 16.2 Å². The number of guanidine groups is 1. The van der Waals surface area contributed by atoms with Gasteiger partial charge < -0.3 is 31.5 Å². The lowest BCUT2D eigenvalue weighted by Crippen LogP contribution is -2.41. The summed E-state index contributed by atoms with van der Waals surface area (Å²) >= 11 is 0. The van der Waals surface area contributed by atoms with Gasteiger partial charge in [0.25, 0.3) is 0 Å². The molecule has 0 aliphatic rings.